The maximum Gasteiger partial charge on any atom is 0.323 e. The number of aryl methyl sites for hydroxylation is 1. The van der Waals surface area contributed by atoms with Gasteiger partial charge >= 0.3 is 5.97 Å². The van der Waals surface area contributed by atoms with Gasteiger partial charge in [0.2, 0.25) is 5.91 Å². The number of pyridine rings is 1. The molecule has 0 fully saturated rings. The molecule has 0 atom stereocenters. The third kappa shape index (κ3) is 4.24. The number of carbonyl (C=O) groups excluding carboxylic acids is 1. The quantitative estimate of drug-likeness (QED) is 0.840. The van der Waals surface area contributed by atoms with E-state index in [2.05, 4.69) is 0 Å². The van der Waals surface area contributed by atoms with Crippen LogP contribution in [-0.2, 0) is 16.1 Å². The summed E-state index contributed by atoms with van der Waals surface area (Å²) < 4.78 is 1.27. The van der Waals surface area contributed by atoms with E-state index >= 15 is 0 Å². The van der Waals surface area contributed by atoms with Gasteiger partial charge in [-0.15, -0.1) is 0 Å². The lowest BCUT2D eigenvalue weighted by Crippen LogP contribution is -2.43. The summed E-state index contributed by atoms with van der Waals surface area (Å²) in [5, 5.41) is 8.78. The summed E-state index contributed by atoms with van der Waals surface area (Å²) in [6, 6.07) is 2.93. The largest absolute Gasteiger partial charge is 0.480 e. The molecule has 0 saturated carbocycles. The van der Waals surface area contributed by atoms with Gasteiger partial charge in [0.1, 0.15) is 13.1 Å². The molecule has 0 saturated heterocycles. The Morgan fingerprint density at radius 2 is 2.05 bits per heavy atom. The van der Waals surface area contributed by atoms with Crippen LogP contribution in [0.5, 0.6) is 0 Å². The van der Waals surface area contributed by atoms with Crippen molar-refractivity contribution in [2.75, 3.05) is 6.54 Å². The van der Waals surface area contributed by atoms with E-state index in [1.807, 2.05) is 0 Å². The lowest BCUT2D eigenvalue weighted by molar-refractivity contribution is -0.146. The van der Waals surface area contributed by atoms with Gasteiger partial charge in [-0.3, -0.25) is 14.4 Å². The molecule has 0 aliphatic heterocycles. The predicted molar refractivity (Wildman–Crippen MR) is 69.9 cm³/mol. The van der Waals surface area contributed by atoms with Crippen molar-refractivity contribution in [2.24, 2.45) is 0 Å². The summed E-state index contributed by atoms with van der Waals surface area (Å²) in [5.41, 5.74) is 0.548. The Balaban J connectivity index is 2.87. The van der Waals surface area contributed by atoms with E-state index in [1.165, 1.54) is 21.7 Å². The van der Waals surface area contributed by atoms with E-state index in [9.17, 15) is 14.4 Å². The topological polar surface area (TPSA) is 79.6 Å². The summed E-state index contributed by atoms with van der Waals surface area (Å²) in [4.78, 5) is 35.6. The van der Waals surface area contributed by atoms with Gasteiger partial charge in [-0.05, 0) is 32.4 Å². The summed E-state index contributed by atoms with van der Waals surface area (Å²) in [6.07, 6.45) is 1.54. The van der Waals surface area contributed by atoms with Gasteiger partial charge in [0.15, 0.2) is 0 Å². The molecule has 104 valence electrons. The fourth-order valence-electron chi connectivity index (χ4n) is 1.68. The fourth-order valence-corrected chi connectivity index (χ4v) is 1.68. The lowest BCUT2D eigenvalue weighted by Gasteiger charge is -2.25. The third-order valence-electron chi connectivity index (χ3n) is 2.71. The van der Waals surface area contributed by atoms with Crippen LogP contribution in [0.3, 0.4) is 0 Å². The number of aliphatic carboxylic acids is 1. The first-order valence-electron chi connectivity index (χ1n) is 5.99. The molecule has 0 aromatic carbocycles. The zero-order valence-corrected chi connectivity index (χ0v) is 11.3. The second kappa shape index (κ2) is 6.17. The molecule has 0 spiro atoms. The van der Waals surface area contributed by atoms with Crippen molar-refractivity contribution >= 4 is 11.9 Å². The van der Waals surface area contributed by atoms with Crippen LogP contribution in [0.4, 0.5) is 0 Å². The maximum absolute atomic E-state index is 12.0. The van der Waals surface area contributed by atoms with E-state index in [1.54, 1.807) is 26.8 Å². The van der Waals surface area contributed by atoms with Gasteiger partial charge in [-0.1, -0.05) is 0 Å². The van der Waals surface area contributed by atoms with Crippen molar-refractivity contribution in [3.63, 3.8) is 0 Å². The van der Waals surface area contributed by atoms with Crippen LogP contribution >= 0.6 is 0 Å². The average Bonchev–Trinajstić information content (AvgIpc) is 2.29. The highest BCUT2D eigenvalue weighted by atomic mass is 16.4. The minimum absolute atomic E-state index is 0.148. The van der Waals surface area contributed by atoms with Crippen molar-refractivity contribution in [3.8, 4) is 0 Å². The first-order chi connectivity index (χ1) is 8.81. The highest BCUT2D eigenvalue weighted by molar-refractivity contribution is 5.81. The van der Waals surface area contributed by atoms with Crippen molar-refractivity contribution in [1.82, 2.24) is 9.47 Å². The normalized spacial score (nSPS) is 10.5. The fraction of sp³-hybridized carbons (Fsp3) is 0.462. The molecular formula is C13H18N2O4. The number of carbonyl (C=O) groups is 2. The highest BCUT2D eigenvalue weighted by Gasteiger charge is 2.20. The SMILES string of the molecule is Cc1ccn(CC(=O)N(CC(=O)O)C(C)C)c(=O)c1. The zero-order valence-electron chi connectivity index (χ0n) is 11.3. The summed E-state index contributed by atoms with van der Waals surface area (Å²) >= 11 is 0. The van der Waals surface area contributed by atoms with E-state index < -0.39 is 5.97 Å². The smallest absolute Gasteiger partial charge is 0.323 e. The molecule has 1 heterocycles. The molecule has 0 aliphatic carbocycles. The van der Waals surface area contributed by atoms with Crippen LogP contribution in [0.15, 0.2) is 23.1 Å². The van der Waals surface area contributed by atoms with E-state index in [4.69, 9.17) is 5.11 Å². The van der Waals surface area contributed by atoms with Crippen LogP contribution < -0.4 is 5.56 Å². The first-order valence-corrected chi connectivity index (χ1v) is 5.99. The van der Waals surface area contributed by atoms with Crippen LogP contribution in [0.2, 0.25) is 0 Å². The molecule has 0 unspecified atom stereocenters. The Hall–Kier alpha value is -2.11. The number of nitrogens with zero attached hydrogens (tertiary/aromatic N) is 2. The number of carboxylic acids is 1. The predicted octanol–water partition coefficient (Wildman–Crippen LogP) is 0.478. The molecule has 1 aromatic heterocycles. The Kier molecular flexibility index (Phi) is 4.86. The Bertz CT molecular complexity index is 534. The number of amides is 1. The van der Waals surface area contributed by atoms with E-state index in [-0.39, 0.29) is 30.6 Å². The van der Waals surface area contributed by atoms with E-state index in [0.717, 1.165) is 5.56 Å². The molecular weight excluding hydrogens is 248 g/mol. The number of hydrogen-bond donors (Lipinski definition) is 1. The molecule has 1 amide bonds. The Morgan fingerprint density at radius 3 is 2.53 bits per heavy atom. The van der Waals surface area contributed by atoms with Crippen LogP contribution in [0.1, 0.15) is 19.4 Å². The van der Waals surface area contributed by atoms with Gasteiger partial charge in [0.05, 0.1) is 0 Å². The number of aromatic nitrogens is 1. The summed E-state index contributed by atoms with van der Waals surface area (Å²) in [5.74, 6) is -1.46. The standard InChI is InChI=1S/C13H18N2O4/c1-9(2)15(8-13(18)19)12(17)7-14-5-4-10(3)6-11(14)16/h4-6,9H,7-8H2,1-3H3,(H,18,19). The van der Waals surface area contributed by atoms with Crippen LogP contribution in [-0.4, -0.2) is 39.0 Å². The molecule has 0 radical (unpaired) electrons. The summed E-state index contributed by atoms with van der Waals surface area (Å²) in [6.45, 7) is 4.75. The molecule has 0 aliphatic rings. The zero-order chi connectivity index (χ0) is 14.6. The van der Waals surface area contributed by atoms with Crippen molar-refractivity contribution in [1.29, 1.82) is 0 Å². The minimum Gasteiger partial charge on any atom is -0.480 e. The molecule has 1 N–H and O–H groups in total. The number of carboxylic acid groups (broad SMARTS) is 1. The Morgan fingerprint density at radius 1 is 1.42 bits per heavy atom. The monoisotopic (exact) mass is 266 g/mol. The van der Waals surface area contributed by atoms with Gasteiger partial charge < -0.3 is 14.6 Å². The van der Waals surface area contributed by atoms with Gasteiger partial charge in [-0.25, -0.2) is 0 Å². The van der Waals surface area contributed by atoms with Gasteiger partial charge in [-0.2, -0.15) is 0 Å². The van der Waals surface area contributed by atoms with Crippen molar-refractivity contribution in [3.05, 3.63) is 34.2 Å². The molecule has 1 aromatic rings. The van der Waals surface area contributed by atoms with Crippen LogP contribution in [0, 0.1) is 6.92 Å². The second-order valence-electron chi connectivity index (χ2n) is 4.68. The maximum atomic E-state index is 12.0. The van der Waals surface area contributed by atoms with Crippen molar-refractivity contribution in [2.45, 2.75) is 33.4 Å². The minimum atomic E-state index is -1.07. The molecule has 6 nitrogen and oxygen atoms in total. The molecule has 6 heteroatoms. The highest BCUT2D eigenvalue weighted by Crippen LogP contribution is 2.01. The summed E-state index contributed by atoms with van der Waals surface area (Å²) in [7, 11) is 0. The van der Waals surface area contributed by atoms with Gasteiger partial charge in [0.25, 0.3) is 5.56 Å². The average molecular weight is 266 g/mol. The lowest BCUT2D eigenvalue weighted by atomic mass is 10.3. The first kappa shape index (κ1) is 14.9. The number of hydrogen-bond acceptors (Lipinski definition) is 3. The van der Waals surface area contributed by atoms with E-state index in [0.29, 0.717) is 0 Å². The number of rotatable bonds is 5. The molecule has 1 rings (SSSR count). The third-order valence-corrected chi connectivity index (χ3v) is 2.71. The Labute approximate surface area is 111 Å². The molecule has 0 bridgehead atoms. The molecule has 19 heavy (non-hydrogen) atoms. The second-order valence-corrected chi connectivity index (χ2v) is 4.68. The van der Waals surface area contributed by atoms with Crippen LogP contribution in [0.25, 0.3) is 0 Å². The van der Waals surface area contributed by atoms with Crippen molar-refractivity contribution < 1.29 is 14.7 Å². The van der Waals surface area contributed by atoms with Gasteiger partial charge in [0, 0.05) is 18.3 Å².